The van der Waals surface area contributed by atoms with E-state index in [0.29, 0.717) is 0 Å². The lowest BCUT2D eigenvalue weighted by atomic mass is 9.56. The van der Waals surface area contributed by atoms with Crippen molar-refractivity contribution in [3.63, 3.8) is 0 Å². The van der Waals surface area contributed by atoms with Gasteiger partial charge in [0.05, 0.1) is 0 Å². The third-order valence-corrected chi connectivity index (χ3v) is 13.3. The van der Waals surface area contributed by atoms with Gasteiger partial charge in [0, 0.05) is 11.8 Å². The first-order valence-electron chi connectivity index (χ1n) is 19.5. The van der Waals surface area contributed by atoms with Crippen molar-refractivity contribution in [3.05, 3.63) is 240 Å². The van der Waals surface area contributed by atoms with Crippen LogP contribution in [-0.2, 0) is 11.1 Å². The number of rotatable bonds is 4. The summed E-state index contributed by atoms with van der Waals surface area (Å²) in [4.78, 5) is 34.5. The molecule has 0 radical (unpaired) electrons. The molecule has 0 fully saturated rings. The first kappa shape index (κ1) is 32.8. The zero-order valence-corrected chi connectivity index (χ0v) is 31.7. The van der Waals surface area contributed by atoms with Crippen molar-refractivity contribution in [2.75, 3.05) is 0 Å². The molecule has 7 aromatic rings. The van der Waals surface area contributed by atoms with Crippen LogP contribution in [0.4, 0.5) is 0 Å². The van der Waals surface area contributed by atoms with Crippen molar-refractivity contribution < 1.29 is 9.59 Å². The van der Waals surface area contributed by atoms with Crippen LogP contribution in [0.25, 0.3) is 0 Å². The lowest BCUT2D eigenvalue weighted by Crippen LogP contribution is -2.55. The summed E-state index contributed by atoms with van der Waals surface area (Å²) in [5, 5.41) is 7.08. The molecule has 5 nitrogen and oxygen atoms in total. The molecule has 56 heavy (non-hydrogen) atoms. The second-order valence-electron chi connectivity index (χ2n) is 16.1. The van der Waals surface area contributed by atoms with E-state index in [9.17, 15) is 9.59 Å². The highest BCUT2D eigenvalue weighted by Gasteiger charge is 2.54. The second kappa shape index (κ2) is 11.5. The summed E-state index contributed by atoms with van der Waals surface area (Å²) in [6, 6.07) is 48.1. The van der Waals surface area contributed by atoms with Gasteiger partial charge in [0.25, 0.3) is 11.8 Å². The number of nitrogens with one attached hydrogen (secondary N) is 2. The molecule has 0 atom stereocenters. The maximum atomic E-state index is 14.8. The molecule has 4 bridgehead atoms. The van der Waals surface area contributed by atoms with Gasteiger partial charge < -0.3 is 10.6 Å². The molecule has 6 aromatic carbocycles. The van der Waals surface area contributed by atoms with Gasteiger partial charge in [0.15, 0.2) is 0 Å². The highest BCUT2D eigenvalue weighted by molar-refractivity contribution is 5.98. The monoisotopic (exact) mass is 725 g/mol. The second-order valence-corrected chi connectivity index (χ2v) is 16.1. The molecule has 0 spiro atoms. The van der Waals surface area contributed by atoms with Gasteiger partial charge in [-0.1, -0.05) is 127 Å². The quantitative estimate of drug-likeness (QED) is 0.190. The minimum Gasteiger partial charge on any atom is -0.333 e. The largest absolute Gasteiger partial charge is 0.333 e. The van der Waals surface area contributed by atoms with Crippen molar-refractivity contribution in [1.29, 1.82) is 0 Å². The number of aromatic nitrogens is 1. The standard InChI is InChI=1S/C51H39N3O2/c1-28-24-36-42(26-30(28)3)50(38-18-9-5-14-32(38)46(36)33-15-6-10-19-39(33)50)53-48(55)44-22-13-23-45(52-44)49(56)54-51-40-20-11-7-16-34(40)47(35-17-8-12-21-41(35)51)37-25-29(2)31(4)27-43(37)51/h5-27,46-47H,1-4H3,(H,53,55)(H,54,56). The van der Waals surface area contributed by atoms with Gasteiger partial charge in [0.2, 0.25) is 0 Å². The Morgan fingerprint density at radius 3 is 1.09 bits per heavy atom. The van der Waals surface area contributed by atoms with Gasteiger partial charge in [-0.25, -0.2) is 4.98 Å². The van der Waals surface area contributed by atoms with Crippen LogP contribution in [0.1, 0.15) is 122 Å². The number of carbonyl (C=O) groups excluding carboxylic acids is 2. The van der Waals surface area contributed by atoms with Crippen LogP contribution >= 0.6 is 0 Å². The number of aryl methyl sites for hydroxylation is 4. The highest BCUT2D eigenvalue weighted by Crippen LogP contribution is 2.60. The molecule has 0 unspecified atom stereocenters. The van der Waals surface area contributed by atoms with E-state index in [1.165, 1.54) is 55.6 Å². The predicted molar refractivity (Wildman–Crippen MR) is 218 cm³/mol. The molecule has 2 N–H and O–H groups in total. The molecule has 13 rings (SSSR count). The molecule has 6 aliphatic rings. The SMILES string of the molecule is Cc1cc2c(cc1C)C1(NC(=O)c3cccc(C(=O)NC45c6ccccc6C(c6ccccc64)c4cc(C)c(C)cc45)n3)c3ccccc3C2c2ccccc21. The Morgan fingerprint density at radius 2 is 0.732 bits per heavy atom. The van der Waals surface area contributed by atoms with E-state index in [-0.39, 0.29) is 35.0 Å². The lowest BCUT2D eigenvalue weighted by molar-refractivity contribution is 0.0912. The predicted octanol–water partition coefficient (Wildman–Crippen LogP) is 9.37. The Balaban J connectivity index is 1.03. The van der Waals surface area contributed by atoms with Crippen molar-refractivity contribution in [1.82, 2.24) is 15.6 Å². The molecule has 6 aliphatic carbocycles. The van der Waals surface area contributed by atoms with Crippen molar-refractivity contribution >= 4 is 11.8 Å². The number of amides is 2. The van der Waals surface area contributed by atoms with Gasteiger partial charge in [-0.05, 0) is 129 Å². The summed E-state index contributed by atoms with van der Waals surface area (Å²) >= 11 is 0. The minimum atomic E-state index is -0.945. The topological polar surface area (TPSA) is 71.1 Å². The zero-order valence-electron chi connectivity index (χ0n) is 31.7. The van der Waals surface area contributed by atoms with E-state index in [2.05, 4.69) is 160 Å². The summed E-state index contributed by atoms with van der Waals surface area (Å²) in [7, 11) is 0. The lowest BCUT2D eigenvalue weighted by Gasteiger charge is -2.51. The van der Waals surface area contributed by atoms with E-state index in [4.69, 9.17) is 4.98 Å². The smallest absolute Gasteiger partial charge is 0.271 e. The molecular weight excluding hydrogens is 687 g/mol. The van der Waals surface area contributed by atoms with Gasteiger partial charge in [0.1, 0.15) is 22.5 Å². The molecule has 0 saturated carbocycles. The van der Waals surface area contributed by atoms with Crippen LogP contribution in [0.15, 0.2) is 140 Å². The van der Waals surface area contributed by atoms with Crippen molar-refractivity contribution in [2.24, 2.45) is 0 Å². The van der Waals surface area contributed by atoms with Crippen LogP contribution < -0.4 is 10.6 Å². The maximum Gasteiger partial charge on any atom is 0.271 e. The van der Waals surface area contributed by atoms with Crippen LogP contribution in [0, 0.1) is 27.7 Å². The number of hydrogen-bond acceptors (Lipinski definition) is 3. The van der Waals surface area contributed by atoms with Crippen LogP contribution in [0.2, 0.25) is 0 Å². The van der Waals surface area contributed by atoms with Crippen molar-refractivity contribution in [2.45, 2.75) is 50.6 Å². The molecule has 5 heteroatoms. The molecule has 1 aromatic heterocycles. The Kier molecular flexibility index (Phi) is 6.72. The van der Waals surface area contributed by atoms with E-state index in [1.54, 1.807) is 18.2 Å². The molecule has 2 amide bonds. The molecule has 0 saturated heterocycles. The minimum absolute atomic E-state index is 0.0722. The number of carbonyl (C=O) groups is 2. The zero-order chi connectivity index (χ0) is 38.1. The highest BCUT2D eigenvalue weighted by atomic mass is 16.2. The Bertz CT molecular complexity index is 2600. The fourth-order valence-electron chi connectivity index (χ4n) is 10.6. The third-order valence-electron chi connectivity index (χ3n) is 13.3. The van der Waals surface area contributed by atoms with E-state index >= 15 is 0 Å². The van der Waals surface area contributed by atoms with Crippen molar-refractivity contribution in [3.8, 4) is 0 Å². The molecule has 270 valence electrons. The van der Waals surface area contributed by atoms with Gasteiger partial charge in [-0.15, -0.1) is 0 Å². The van der Waals surface area contributed by atoms with E-state index in [1.807, 2.05) is 0 Å². The van der Waals surface area contributed by atoms with Crippen LogP contribution in [0.3, 0.4) is 0 Å². The van der Waals surface area contributed by atoms with Crippen LogP contribution in [0.5, 0.6) is 0 Å². The summed E-state index contributed by atoms with van der Waals surface area (Å²) in [5.41, 5.74) is 16.8. The molecule has 1 heterocycles. The maximum absolute atomic E-state index is 14.8. The van der Waals surface area contributed by atoms with Crippen LogP contribution in [-0.4, -0.2) is 16.8 Å². The molecular formula is C51H39N3O2. The fourth-order valence-corrected chi connectivity index (χ4v) is 10.6. The Labute approximate surface area is 326 Å². The normalized spacial score (nSPS) is 21.1. The number of benzene rings is 6. The number of nitrogens with zero attached hydrogens (tertiary/aromatic N) is 1. The van der Waals surface area contributed by atoms with Gasteiger partial charge in [-0.3, -0.25) is 9.59 Å². The van der Waals surface area contributed by atoms with E-state index < -0.39 is 11.1 Å². The average Bonchev–Trinajstić information content (AvgIpc) is 3.22. The molecule has 0 aliphatic heterocycles. The Morgan fingerprint density at radius 1 is 0.411 bits per heavy atom. The van der Waals surface area contributed by atoms with E-state index in [0.717, 1.165) is 33.4 Å². The Hall–Kier alpha value is -6.59. The summed E-state index contributed by atoms with van der Waals surface area (Å²) in [6.07, 6.45) is 0. The number of hydrogen-bond donors (Lipinski definition) is 2. The third kappa shape index (κ3) is 4.12. The first-order valence-corrected chi connectivity index (χ1v) is 19.5. The first-order chi connectivity index (χ1) is 27.2. The van der Waals surface area contributed by atoms with Gasteiger partial charge in [-0.2, -0.15) is 0 Å². The number of pyridine rings is 1. The average molecular weight is 726 g/mol. The fraction of sp³-hybridized carbons (Fsp3) is 0.157. The van der Waals surface area contributed by atoms with Gasteiger partial charge >= 0.3 is 0 Å². The summed E-state index contributed by atoms with van der Waals surface area (Å²) in [5.74, 6) is -0.555. The summed E-state index contributed by atoms with van der Waals surface area (Å²) in [6.45, 7) is 8.56. The summed E-state index contributed by atoms with van der Waals surface area (Å²) < 4.78 is 0.